The molecular formula is C15H22FNO2. The van der Waals surface area contributed by atoms with Crippen molar-refractivity contribution in [2.45, 2.75) is 50.7 Å². The normalized spacial score (nSPS) is 20.0. The molecular weight excluding hydrogens is 245 g/mol. The minimum Gasteiger partial charge on any atom is -0.488 e. The number of halogens is 1. The van der Waals surface area contributed by atoms with Crippen LogP contribution in [0.5, 0.6) is 5.75 Å². The average molecular weight is 267 g/mol. The molecule has 1 unspecified atom stereocenters. The summed E-state index contributed by atoms with van der Waals surface area (Å²) in [5.74, 6) is -0.238. The summed E-state index contributed by atoms with van der Waals surface area (Å²) in [6.45, 7) is 1.96. The molecule has 106 valence electrons. The van der Waals surface area contributed by atoms with Gasteiger partial charge in [-0.15, -0.1) is 0 Å². The molecule has 0 bridgehead atoms. The number of benzene rings is 1. The van der Waals surface area contributed by atoms with Gasteiger partial charge in [-0.25, -0.2) is 4.39 Å². The van der Waals surface area contributed by atoms with Crippen molar-refractivity contribution in [3.63, 3.8) is 0 Å². The minimum atomic E-state index is -0.801. The molecule has 3 N–H and O–H groups in total. The minimum absolute atomic E-state index is 0.154. The Kier molecular flexibility index (Phi) is 4.42. The number of aliphatic hydroxyl groups is 1. The maximum absolute atomic E-state index is 13.8. The van der Waals surface area contributed by atoms with Crippen LogP contribution in [0.2, 0.25) is 0 Å². The molecule has 4 heteroatoms. The molecule has 0 aromatic heterocycles. The van der Waals surface area contributed by atoms with Crippen molar-refractivity contribution in [3.05, 3.63) is 29.6 Å². The summed E-state index contributed by atoms with van der Waals surface area (Å²) < 4.78 is 19.3. The zero-order valence-electron chi connectivity index (χ0n) is 11.4. The molecule has 1 aliphatic rings. The first-order chi connectivity index (χ1) is 9.00. The van der Waals surface area contributed by atoms with Gasteiger partial charge in [-0.3, -0.25) is 0 Å². The smallest absolute Gasteiger partial charge is 0.165 e. The van der Waals surface area contributed by atoms with Gasteiger partial charge in [-0.05, 0) is 37.5 Å². The van der Waals surface area contributed by atoms with E-state index < -0.39 is 11.4 Å². The monoisotopic (exact) mass is 267 g/mol. The van der Waals surface area contributed by atoms with Crippen molar-refractivity contribution >= 4 is 0 Å². The largest absolute Gasteiger partial charge is 0.488 e. The van der Waals surface area contributed by atoms with Crippen molar-refractivity contribution < 1.29 is 14.2 Å². The SMILES string of the molecule is CC(N)c1ccc(OCC2(O)CCCCC2)c(F)c1. The van der Waals surface area contributed by atoms with Gasteiger partial charge in [0, 0.05) is 6.04 Å². The fourth-order valence-corrected chi connectivity index (χ4v) is 2.48. The molecule has 19 heavy (non-hydrogen) atoms. The summed E-state index contributed by atoms with van der Waals surface area (Å²) in [6.07, 6.45) is 4.62. The van der Waals surface area contributed by atoms with Crippen molar-refractivity contribution in [1.82, 2.24) is 0 Å². The number of nitrogens with two attached hydrogens (primary N) is 1. The van der Waals surface area contributed by atoms with Gasteiger partial charge in [0.1, 0.15) is 6.61 Å². The van der Waals surface area contributed by atoms with E-state index in [2.05, 4.69) is 0 Å². The Hall–Kier alpha value is -1.13. The van der Waals surface area contributed by atoms with E-state index in [1.54, 1.807) is 19.1 Å². The highest BCUT2D eigenvalue weighted by Crippen LogP contribution is 2.29. The Labute approximate surface area is 113 Å². The van der Waals surface area contributed by atoms with Crippen molar-refractivity contribution in [2.75, 3.05) is 6.61 Å². The Balaban J connectivity index is 1.99. The molecule has 1 aliphatic carbocycles. The molecule has 0 radical (unpaired) electrons. The second-order valence-electron chi connectivity index (χ2n) is 5.55. The number of hydrogen-bond donors (Lipinski definition) is 2. The summed E-state index contributed by atoms with van der Waals surface area (Å²) >= 11 is 0. The van der Waals surface area contributed by atoms with Crippen molar-refractivity contribution in [1.29, 1.82) is 0 Å². The Morgan fingerprint density at radius 3 is 2.63 bits per heavy atom. The van der Waals surface area contributed by atoms with E-state index in [0.29, 0.717) is 0 Å². The second kappa shape index (κ2) is 5.88. The third-order valence-electron chi connectivity index (χ3n) is 3.76. The van der Waals surface area contributed by atoms with Crippen LogP contribution in [0.3, 0.4) is 0 Å². The first kappa shape index (κ1) is 14.3. The highest BCUT2D eigenvalue weighted by atomic mass is 19.1. The molecule has 0 amide bonds. The van der Waals surface area contributed by atoms with E-state index in [1.807, 2.05) is 0 Å². The summed E-state index contributed by atoms with van der Waals surface area (Å²) in [6, 6.07) is 4.53. The lowest BCUT2D eigenvalue weighted by Crippen LogP contribution is -2.38. The lowest BCUT2D eigenvalue weighted by molar-refractivity contribution is -0.0347. The van der Waals surface area contributed by atoms with E-state index in [-0.39, 0.29) is 18.4 Å². The first-order valence-electron chi connectivity index (χ1n) is 6.90. The maximum atomic E-state index is 13.8. The predicted molar refractivity (Wildman–Crippen MR) is 72.5 cm³/mol. The van der Waals surface area contributed by atoms with Crippen LogP contribution in [0, 0.1) is 5.82 Å². The quantitative estimate of drug-likeness (QED) is 0.882. The van der Waals surface area contributed by atoms with Gasteiger partial charge in [0.15, 0.2) is 11.6 Å². The summed E-state index contributed by atoms with van der Waals surface area (Å²) in [7, 11) is 0. The molecule has 1 fully saturated rings. The molecule has 1 aromatic carbocycles. The zero-order chi connectivity index (χ0) is 13.9. The van der Waals surface area contributed by atoms with Crippen molar-refractivity contribution in [2.24, 2.45) is 5.73 Å². The van der Waals surface area contributed by atoms with Crippen LogP contribution in [-0.2, 0) is 0 Å². The van der Waals surface area contributed by atoms with E-state index in [4.69, 9.17) is 10.5 Å². The highest BCUT2D eigenvalue weighted by molar-refractivity contribution is 5.30. The summed E-state index contributed by atoms with van der Waals surface area (Å²) in [5, 5.41) is 10.3. The predicted octanol–water partition coefficient (Wildman–Crippen LogP) is 2.92. The van der Waals surface area contributed by atoms with Gasteiger partial charge in [-0.2, -0.15) is 0 Å². The van der Waals surface area contributed by atoms with E-state index >= 15 is 0 Å². The zero-order valence-corrected chi connectivity index (χ0v) is 11.4. The lowest BCUT2D eigenvalue weighted by Gasteiger charge is -2.31. The van der Waals surface area contributed by atoms with E-state index in [0.717, 1.165) is 37.7 Å². The van der Waals surface area contributed by atoms with Crippen LogP contribution in [0.1, 0.15) is 50.6 Å². The molecule has 0 spiro atoms. The van der Waals surface area contributed by atoms with Gasteiger partial charge < -0.3 is 15.6 Å². The fourth-order valence-electron chi connectivity index (χ4n) is 2.48. The van der Waals surface area contributed by atoms with Gasteiger partial charge in [0.25, 0.3) is 0 Å². The number of ether oxygens (including phenoxy) is 1. The Bertz CT molecular complexity index is 428. The third-order valence-corrected chi connectivity index (χ3v) is 3.76. The van der Waals surface area contributed by atoms with Crippen LogP contribution < -0.4 is 10.5 Å². The standard InChI is InChI=1S/C15H22FNO2/c1-11(17)12-5-6-14(13(16)9-12)19-10-15(18)7-3-2-4-8-15/h5-6,9,11,18H,2-4,7-8,10,17H2,1H3. The van der Waals surface area contributed by atoms with E-state index in [9.17, 15) is 9.50 Å². The second-order valence-corrected chi connectivity index (χ2v) is 5.55. The fraction of sp³-hybridized carbons (Fsp3) is 0.600. The molecule has 2 rings (SSSR count). The number of rotatable bonds is 4. The third kappa shape index (κ3) is 3.67. The number of hydrogen-bond acceptors (Lipinski definition) is 3. The van der Waals surface area contributed by atoms with Crippen LogP contribution in [0.4, 0.5) is 4.39 Å². The lowest BCUT2D eigenvalue weighted by atomic mass is 9.85. The van der Waals surface area contributed by atoms with Crippen LogP contribution in [0.15, 0.2) is 18.2 Å². The summed E-state index contributed by atoms with van der Waals surface area (Å²) in [5.41, 5.74) is 5.63. The van der Waals surface area contributed by atoms with Gasteiger partial charge in [-0.1, -0.05) is 25.3 Å². The molecule has 1 atom stereocenters. The van der Waals surface area contributed by atoms with E-state index in [1.165, 1.54) is 6.07 Å². The molecule has 0 aliphatic heterocycles. The van der Waals surface area contributed by atoms with Crippen molar-refractivity contribution in [3.8, 4) is 5.75 Å². The van der Waals surface area contributed by atoms with Crippen LogP contribution >= 0.6 is 0 Å². The van der Waals surface area contributed by atoms with Gasteiger partial charge in [0.05, 0.1) is 5.60 Å². The van der Waals surface area contributed by atoms with Gasteiger partial charge >= 0.3 is 0 Å². The van der Waals surface area contributed by atoms with Crippen LogP contribution in [0.25, 0.3) is 0 Å². The molecule has 3 nitrogen and oxygen atoms in total. The molecule has 0 heterocycles. The molecule has 1 saturated carbocycles. The Morgan fingerprint density at radius 1 is 1.37 bits per heavy atom. The van der Waals surface area contributed by atoms with Gasteiger partial charge in [0.2, 0.25) is 0 Å². The molecule has 1 aromatic rings. The first-order valence-corrected chi connectivity index (χ1v) is 6.90. The van der Waals surface area contributed by atoms with Crippen LogP contribution in [-0.4, -0.2) is 17.3 Å². The highest BCUT2D eigenvalue weighted by Gasteiger charge is 2.30. The average Bonchev–Trinajstić information content (AvgIpc) is 2.38. The Morgan fingerprint density at radius 2 is 2.05 bits per heavy atom. The summed E-state index contributed by atoms with van der Waals surface area (Å²) in [4.78, 5) is 0. The molecule has 0 saturated heterocycles. The maximum Gasteiger partial charge on any atom is 0.165 e. The topological polar surface area (TPSA) is 55.5 Å².